The largest absolute Gasteiger partial charge is 0.508 e. The zero-order chi connectivity index (χ0) is 20.4. The van der Waals surface area contributed by atoms with Crippen LogP contribution in [0.1, 0.15) is 17.2 Å². The highest BCUT2D eigenvalue weighted by atomic mass is 16.6. The number of pyridine rings is 1. The summed E-state index contributed by atoms with van der Waals surface area (Å²) >= 11 is 0. The topological polar surface area (TPSA) is 108 Å². The van der Waals surface area contributed by atoms with Gasteiger partial charge < -0.3 is 15.4 Å². The number of H-pyrrole nitrogens is 1. The molecule has 1 atom stereocenters. The molecule has 3 N–H and O–H groups in total. The number of aromatic nitrogens is 1. The number of non-ortho nitro benzene ring substituents is 1. The van der Waals surface area contributed by atoms with E-state index in [1.807, 2.05) is 30.3 Å². The molecule has 4 rings (SSSR count). The maximum atomic E-state index is 12.3. The molecule has 144 valence electrons. The summed E-state index contributed by atoms with van der Waals surface area (Å²) in [4.78, 5) is 25.7. The molecule has 0 saturated heterocycles. The lowest BCUT2D eigenvalue weighted by atomic mass is 9.92. The molecule has 0 aliphatic heterocycles. The first kappa shape index (κ1) is 18.2. The van der Waals surface area contributed by atoms with Gasteiger partial charge in [-0.2, -0.15) is 0 Å². The van der Waals surface area contributed by atoms with Gasteiger partial charge in [0.1, 0.15) is 5.75 Å². The van der Waals surface area contributed by atoms with E-state index in [2.05, 4.69) is 10.3 Å². The molecule has 7 heteroatoms. The zero-order valence-electron chi connectivity index (χ0n) is 15.2. The molecule has 1 heterocycles. The molecule has 29 heavy (non-hydrogen) atoms. The van der Waals surface area contributed by atoms with Gasteiger partial charge in [0, 0.05) is 36.2 Å². The number of hydrogen-bond donors (Lipinski definition) is 3. The minimum Gasteiger partial charge on any atom is -0.508 e. The number of phenols is 1. The van der Waals surface area contributed by atoms with Gasteiger partial charge in [0.05, 0.1) is 16.7 Å². The number of anilines is 1. The van der Waals surface area contributed by atoms with E-state index in [4.69, 9.17) is 0 Å². The standard InChI is InChI=1S/C22H17N3O4/c26-19-11-12-23-13-18(19)24-22(15-5-8-16(9-6-15)25(28)29)21-17-4-2-1-3-14(17)7-10-20(21)27/h1-13,22,24,27H,(H,23,26). The first-order valence-corrected chi connectivity index (χ1v) is 8.93. The monoisotopic (exact) mass is 387 g/mol. The number of aromatic amines is 1. The van der Waals surface area contributed by atoms with E-state index in [0.29, 0.717) is 16.8 Å². The van der Waals surface area contributed by atoms with Crippen LogP contribution in [0.25, 0.3) is 10.8 Å². The van der Waals surface area contributed by atoms with Crippen LogP contribution in [0.15, 0.2) is 83.9 Å². The molecule has 1 unspecified atom stereocenters. The fraction of sp³-hybridized carbons (Fsp3) is 0.0455. The highest BCUT2D eigenvalue weighted by molar-refractivity contribution is 5.89. The number of nitro benzene ring substituents is 1. The molecule has 0 fully saturated rings. The van der Waals surface area contributed by atoms with Crippen molar-refractivity contribution in [2.24, 2.45) is 0 Å². The molecule has 0 aliphatic rings. The quantitative estimate of drug-likeness (QED) is 0.349. The first-order valence-electron chi connectivity index (χ1n) is 8.93. The molecule has 3 aromatic carbocycles. The Morgan fingerprint density at radius 2 is 1.76 bits per heavy atom. The van der Waals surface area contributed by atoms with Gasteiger partial charge in [-0.15, -0.1) is 0 Å². The minimum absolute atomic E-state index is 0.0350. The van der Waals surface area contributed by atoms with E-state index >= 15 is 0 Å². The van der Waals surface area contributed by atoms with Crippen LogP contribution in [0.4, 0.5) is 11.4 Å². The Morgan fingerprint density at radius 1 is 1.00 bits per heavy atom. The van der Waals surface area contributed by atoms with E-state index < -0.39 is 11.0 Å². The molecular weight excluding hydrogens is 370 g/mol. The van der Waals surface area contributed by atoms with Gasteiger partial charge in [-0.05, 0) is 34.5 Å². The highest BCUT2D eigenvalue weighted by Gasteiger charge is 2.22. The van der Waals surface area contributed by atoms with Crippen LogP contribution in [-0.2, 0) is 0 Å². The van der Waals surface area contributed by atoms with E-state index in [0.717, 1.165) is 10.8 Å². The Labute approximate surface area is 165 Å². The smallest absolute Gasteiger partial charge is 0.269 e. The van der Waals surface area contributed by atoms with Gasteiger partial charge in [-0.25, -0.2) is 0 Å². The number of nitrogens with one attached hydrogen (secondary N) is 2. The van der Waals surface area contributed by atoms with Gasteiger partial charge >= 0.3 is 0 Å². The zero-order valence-corrected chi connectivity index (χ0v) is 15.2. The van der Waals surface area contributed by atoms with Crippen molar-refractivity contribution in [3.63, 3.8) is 0 Å². The molecule has 0 amide bonds. The highest BCUT2D eigenvalue weighted by Crippen LogP contribution is 2.37. The SMILES string of the molecule is O=c1cc[nH]cc1NC(c1ccc([N+](=O)[O-])cc1)c1c(O)ccc2ccccc12. The van der Waals surface area contributed by atoms with Crippen LogP contribution in [0.5, 0.6) is 5.75 Å². The van der Waals surface area contributed by atoms with Crippen molar-refractivity contribution >= 4 is 22.1 Å². The third-order valence-corrected chi connectivity index (χ3v) is 4.80. The summed E-state index contributed by atoms with van der Waals surface area (Å²) in [5.74, 6) is 0.0620. The van der Waals surface area contributed by atoms with E-state index in [1.54, 1.807) is 24.4 Å². The fourth-order valence-corrected chi connectivity index (χ4v) is 3.38. The summed E-state index contributed by atoms with van der Waals surface area (Å²) in [5, 5.41) is 26.6. The average molecular weight is 387 g/mol. The maximum Gasteiger partial charge on any atom is 0.269 e. The molecule has 0 spiro atoms. The van der Waals surface area contributed by atoms with Gasteiger partial charge in [0.15, 0.2) is 0 Å². The number of nitro groups is 1. The second-order valence-electron chi connectivity index (χ2n) is 6.57. The van der Waals surface area contributed by atoms with E-state index in [1.165, 1.54) is 24.4 Å². The molecule has 4 aromatic rings. The Bertz CT molecular complexity index is 1250. The molecule has 7 nitrogen and oxygen atoms in total. The van der Waals surface area contributed by atoms with Crippen LogP contribution in [0, 0.1) is 10.1 Å². The molecule has 0 aliphatic carbocycles. The Morgan fingerprint density at radius 3 is 2.48 bits per heavy atom. The lowest BCUT2D eigenvalue weighted by Gasteiger charge is -2.23. The van der Waals surface area contributed by atoms with Crippen LogP contribution in [0.3, 0.4) is 0 Å². The summed E-state index contributed by atoms with van der Waals surface area (Å²) in [6.07, 6.45) is 3.08. The lowest BCUT2D eigenvalue weighted by molar-refractivity contribution is -0.384. The summed E-state index contributed by atoms with van der Waals surface area (Å²) in [6.45, 7) is 0. The van der Waals surface area contributed by atoms with Gasteiger partial charge in [-0.1, -0.05) is 30.3 Å². The number of nitrogens with zero attached hydrogens (tertiary/aromatic N) is 1. The predicted octanol–water partition coefficient (Wildman–Crippen LogP) is 4.34. The van der Waals surface area contributed by atoms with Gasteiger partial charge in [-0.3, -0.25) is 14.9 Å². The second kappa shape index (κ2) is 7.47. The van der Waals surface area contributed by atoms with Crippen LogP contribution in [0.2, 0.25) is 0 Å². The van der Waals surface area contributed by atoms with Crippen LogP contribution < -0.4 is 10.7 Å². The van der Waals surface area contributed by atoms with Gasteiger partial charge in [0.2, 0.25) is 5.43 Å². The Kier molecular flexibility index (Phi) is 4.70. The lowest BCUT2D eigenvalue weighted by Crippen LogP contribution is -2.18. The van der Waals surface area contributed by atoms with Crippen molar-refractivity contribution in [1.29, 1.82) is 0 Å². The van der Waals surface area contributed by atoms with Crippen molar-refractivity contribution in [2.75, 3.05) is 5.32 Å². The van der Waals surface area contributed by atoms with E-state index in [-0.39, 0.29) is 16.9 Å². The first-order chi connectivity index (χ1) is 14.0. The van der Waals surface area contributed by atoms with Crippen molar-refractivity contribution < 1.29 is 10.0 Å². The minimum atomic E-state index is -0.606. The third kappa shape index (κ3) is 3.53. The summed E-state index contributed by atoms with van der Waals surface area (Å²) in [7, 11) is 0. The average Bonchev–Trinajstić information content (AvgIpc) is 2.74. The van der Waals surface area contributed by atoms with Crippen molar-refractivity contribution in [3.8, 4) is 5.75 Å². The van der Waals surface area contributed by atoms with Crippen molar-refractivity contribution in [2.45, 2.75) is 6.04 Å². The fourth-order valence-electron chi connectivity index (χ4n) is 3.38. The molecule has 0 bridgehead atoms. The van der Waals surface area contributed by atoms with Crippen LogP contribution in [-0.4, -0.2) is 15.0 Å². The van der Waals surface area contributed by atoms with Crippen molar-refractivity contribution in [1.82, 2.24) is 4.98 Å². The number of aromatic hydroxyl groups is 1. The van der Waals surface area contributed by atoms with Crippen molar-refractivity contribution in [3.05, 3.63) is 111 Å². The number of benzene rings is 3. The van der Waals surface area contributed by atoms with Gasteiger partial charge in [0.25, 0.3) is 5.69 Å². The van der Waals surface area contributed by atoms with Crippen LogP contribution >= 0.6 is 0 Å². The molecule has 0 radical (unpaired) electrons. The molecular formula is C22H17N3O4. The Hall–Kier alpha value is -4.13. The number of rotatable bonds is 5. The maximum absolute atomic E-state index is 12.3. The second-order valence-corrected chi connectivity index (χ2v) is 6.57. The Balaban J connectivity index is 1.91. The number of hydrogen-bond acceptors (Lipinski definition) is 5. The van der Waals surface area contributed by atoms with E-state index in [9.17, 15) is 20.0 Å². The third-order valence-electron chi connectivity index (χ3n) is 4.80. The number of fused-ring (bicyclic) bond motifs is 1. The summed E-state index contributed by atoms with van der Waals surface area (Å²) in [5.41, 5.74) is 1.33. The summed E-state index contributed by atoms with van der Waals surface area (Å²) in [6, 6.07) is 17.9. The normalized spacial score (nSPS) is 11.9. The summed E-state index contributed by atoms with van der Waals surface area (Å²) < 4.78 is 0. The predicted molar refractivity (Wildman–Crippen MR) is 111 cm³/mol. The molecule has 0 saturated carbocycles. The number of phenolic OH excluding ortho intramolecular Hbond substituents is 1. The molecule has 1 aromatic heterocycles.